The molecule has 0 aliphatic rings. The molecule has 164 valence electrons. The van der Waals surface area contributed by atoms with Crippen molar-refractivity contribution in [3.05, 3.63) is 78.8 Å². The number of carbonyl (C=O) groups is 1. The Bertz CT molecular complexity index is 1340. The van der Waals surface area contributed by atoms with E-state index in [9.17, 15) is 4.79 Å². The molecule has 9 nitrogen and oxygen atoms in total. The summed E-state index contributed by atoms with van der Waals surface area (Å²) < 4.78 is 7.32. The average molecular weight is 476 g/mol. The maximum absolute atomic E-state index is 12.5. The summed E-state index contributed by atoms with van der Waals surface area (Å²) >= 11 is 2.56. The zero-order chi connectivity index (χ0) is 22.5. The molecule has 0 fully saturated rings. The molecule has 0 spiro atoms. The van der Waals surface area contributed by atoms with Gasteiger partial charge in [-0.3, -0.25) is 19.7 Å². The minimum atomic E-state index is -0.207. The van der Waals surface area contributed by atoms with Gasteiger partial charge in [0.1, 0.15) is 0 Å². The molecule has 4 aromatic heterocycles. The van der Waals surface area contributed by atoms with Gasteiger partial charge < -0.3 is 4.42 Å². The number of hydrogen-bond donors (Lipinski definition) is 1. The normalized spacial score (nSPS) is 10.9. The van der Waals surface area contributed by atoms with E-state index in [-0.39, 0.29) is 11.7 Å². The van der Waals surface area contributed by atoms with Crippen molar-refractivity contribution < 1.29 is 9.21 Å². The Morgan fingerprint density at radius 1 is 1.00 bits per heavy atom. The van der Waals surface area contributed by atoms with Crippen LogP contribution in [0.1, 0.15) is 5.56 Å². The van der Waals surface area contributed by atoms with Crippen molar-refractivity contribution in [3.8, 4) is 22.2 Å². The predicted octanol–water partition coefficient (Wildman–Crippen LogP) is 4.23. The SMILES string of the molecule is O=C(CSc1nnc(-c2ccncc2)n1Cc1ccccc1)Nc1nnc(-c2ccco2)s1. The van der Waals surface area contributed by atoms with Gasteiger partial charge in [-0.15, -0.1) is 20.4 Å². The molecular formula is C22H17N7O2S2. The minimum absolute atomic E-state index is 0.152. The molecule has 5 rings (SSSR count). The van der Waals surface area contributed by atoms with Crippen molar-refractivity contribution in [2.45, 2.75) is 11.7 Å². The van der Waals surface area contributed by atoms with Gasteiger partial charge in [0, 0.05) is 18.0 Å². The highest BCUT2D eigenvalue weighted by atomic mass is 32.2. The van der Waals surface area contributed by atoms with E-state index in [2.05, 4.69) is 30.7 Å². The van der Waals surface area contributed by atoms with Crippen LogP contribution in [0.2, 0.25) is 0 Å². The molecule has 11 heteroatoms. The van der Waals surface area contributed by atoms with Crippen LogP contribution < -0.4 is 5.32 Å². The second-order valence-electron chi connectivity index (χ2n) is 6.84. The van der Waals surface area contributed by atoms with E-state index in [1.807, 2.05) is 47.0 Å². The number of hydrogen-bond acceptors (Lipinski definition) is 9. The van der Waals surface area contributed by atoms with Crippen molar-refractivity contribution >= 4 is 34.1 Å². The molecule has 1 N–H and O–H groups in total. The van der Waals surface area contributed by atoms with Crippen LogP contribution in [0.4, 0.5) is 5.13 Å². The van der Waals surface area contributed by atoms with Crippen molar-refractivity contribution in [2.24, 2.45) is 0 Å². The second kappa shape index (κ2) is 9.76. The molecule has 0 aliphatic heterocycles. The Labute approximate surface area is 196 Å². The first kappa shape index (κ1) is 21.0. The van der Waals surface area contributed by atoms with Crippen LogP contribution in [0.3, 0.4) is 0 Å². The molecule has 0 atom stereocenters. The van der Waals surface area contributed by atoms with Gasteiger partial charge in [-0.2, -0.15) is 0 Å². The minimum Gasteiger partial charge on any atom is -0.462 e. The van der Waals surface area contributed by atoms with Gasteiger partial charge in [-0.05, 0) is 29.8 Å². The lowest BCUT2D eigenvalue weighted by Gasteiger charge is -2.10. The van der Waals surface area contributed by atoms with Gasteiger partial charge >= 0.3 is 0 Å². The number of pyridine rings is 1. The molecule has 33 heavy (non-hydrogen) atoms. The second-order valence-corrected chi connectivity index (χ2v) is 8.76. The molecule has 0 radical (unpaired) electrons. The first-order chi connectivity index (χ1) is 16.3. The number of nitrogens with zero attached hydrogens (tertiary/aromatic N) is 6. The Hall–Kier alpha value is -3.83. The predicted molar refractivity (Wildman–Crippen MR) is 126 cm³/mol. The molecule has 1 amide bonds. The third-order valence-electron chi connectivity index (χ3n) is 4.57. The lowest BCUT2D eigenvalue weighted by molar-refractivity contribution is -0.113. The zero-order valence-corrected chi connectivity index (χ0v) is 18.8. The maximum atomic E-state index is 12.5. The lowest BCUT2D eigenvalue weighted by Crippen LogP contribution is -2.14. The number of furan rings is 1. The smallest absolute Gasteiger partial charge is 0.236 e. The summed E-state index contributed by atoms with van der Waals surface area (Å²) in [6, 6.07) is 17.4. The van der Waals surface area contributed by atoms with Gasteiger partial charge in [-0.25, -0.2) is 0 Å². The lowest BCUT2D eigenvalue weighted by atomic mass is 10.2. The third kappa shape index (κ3) is 4.99. The quantitative estimate of drug-likeness (QED) is 0.332. The first-order valence-electron chi connectivity index (χ1n) is 9.94. The van der Waals surface area contributed by atoms with Crippen molar-refractivity contribution in [1.82, 2.24) is 29.9 Å². The van der Waals surface area contributed by atoms with Crippen LogP contribution >= 0.6 is 23.1 Å². The van der Waals surface area contributed by atoms with E-state index >= 15 is 0 Å². The van der Waals surface area contributed by atoms with Gasteiger partial charge in [0.05, 0.1) is 18.6 Å². The summed E-state index contributed by atoms with van der Waals surface area (Å²) in [7, 11) is 0. The summed E-state index contributed by atoms with van der Waals surface area (Å²) in [6.45, 7) is 0.582. The van der Waals surface area contributed by atoms with Crippen LogP contribution in [-0.4, -0.2) is 41.6 Å². The topological polar surface area (TPSA) is 112 Å². The molecule has 0 aliphatic carbocycles. The van der Waals surface area contributed by atoms with E-state index in [1.54, 1.807) is 30.8 Å². The van der Waals surface area contributed by atoms with Gasteiger partial charge in [-0.1, -0.05) is 53.4 Å². The summed E-state index contributed by atoms with van der Waals surface area (Å²) in [4.78, 5) is 16.6. The zero-order valence-electron chi connectivity index (χ0n) is 17.2. The molecule has 0 saturated heterocycles. The highest BCUT2D eigenvalue weighted by molar-refractivity contribution is 7.99. The molecule has 0 saturated carbocycles. The highest BCUT2D eigenvalue weighted by Gasteiger charge is 2.17. The number of aromatic nitrogens is 6. The number of thioether (sulfide) groups is 1. The summed E-state index contributed by atoms with van der Waals surface area (Å²) in [6.07, 6.45) is 5.00. The molecule has 0 unspecified atom stereocenters. The number of rotatable bonds is 8. The van der Waals surface area contributed by atoms with Crippen molar-refractivity contribution in [3.63, 3.8) is 0 Å². The van der Waals surface area contributed by atoms with E-state index in [4.69, 9.17) is 4.42 Å². The number of anilines is 1. The highest BCUT2D eigenvalue weighted by Crippen LogP contribution is 2.28. The number of amides is 1. The van der Waals surface area contributed by atoms with Gasteiger partial charge in [0.2, 0.25) is 11.0 Å². The monoisotopic (exact) mass is 475 g/mol. The fourth-order valence-corrected chi connectivity index (χ4v) is 4.54. The van der Waals surface area contributed by atoms with E-state index < -0.39 is 0 Å². The standard InChI is InChI=1S/C22H17N7O2S2/c30-18(24-21-27-26-20(33-21)17-7-4-12-31-17)14-32-22-28-25-19(16-8-10-23-11-9-16)29(22)13-15-5-2-1-3-6-15/h1-12H,13-14H2,(H,24,27,30). The maximum Gasteiger partial charge on any atom is 0.236 e. The Morgan fingerprint density at radius 2 is 1.85 bits per heavy atom. The summed E-state index contributed by atoms with van der Waals surface area (Å²) in [5.74, 6) is 1.28. The van der Waals surface area contributed by atoms with Crippen LogP contribution in [0, 0.1) is 0 Å². The van der Waals surface area contributed by atoms with Crippen molar-refractivity contribution in [1.29, 1.82) is 0 Å². The van der Waals surface area contributed by atoms with Crippen LogP contribution in [0.5, 0.6) is 0 Å². The molecule has 1 aromatic carbocycles. The largest absolute Gasteiger partial charge is 0.462 e. The summed E-state index contributed by atoms with van der Waals surface area (Å²) in [5, 5.41) is 21.2. The molecule has 5 aromatic rings. The van der Waals surface area contributed by atoms with E-state index in [0.29, 0.717) is 27.6 Å². The van der Waals surface area contributed by atoms with Crippen LogP contribution in [0.15, 0.2) is 82.8 Å². The van der Waals surface area contributed by atoms with Crippen LogP contribution in [-0.2, 0) is 11.3 Å². The average Bonchev–Trinajstić information content (AvgIpc) is 3.61. The van der Waals surface area contributed by atoms with Crippen molar-refractivity contribution in [2.75, 3.05) is 11.1 Å². The Kier molecular flexibility index (Phi) is 6.22. The third-order valence-corrected chi connectivity index (χ3v) is 6.39. The first-order valence-corrected chi connectivity index (χ1v) is 11.7. The van der Waals surface area contributed by atoms with Crippen LogP contribution in [0.25, 0.3) is 22.2 Å². The fraction of sp³-hybridized carbons (Fsp3) is 0.0909. The number of carbonyl (C=O) groups excluding carboxylic acids is 1. The summed E-state index contributed by atoms with van der Waals surface area (Å²) in [5.41, 5.74) is 2.02. The Balaban J connectivity index is 1.30. The number of benzene rings is 1. The number of nitrogens with one attached hydrogen (secondary N) is 1. The molecule has 4 heterocycles. The molecular weight excluding hydrogens is 458 g/mol. The van der Waals surface area contributed by atoms with E-state index in [1.165, 1.54) is 23.1 Å². The Morgan fingerprint density at radius 3 is 2.64 bits per heavy atom. The van der Waals surface area contributed by atoms with E-state index in [0.717, 1.165) is 17.0 Å². The fourth-order valence-electron chi connectivity index (χ4n) is 3.08. The molecule has 0 bridgehead atoms. The van der Waals surface area contributed by atoms with Gasteiger partial charge in [0.25, 0.3) is 0 Å². The van der Waals surface area contributed by atoms with Gasteiger partial charge in [0.15, 0.2) is 21.7 Å².